The molecular formula is C23H24N2O3S. The molecule has 3 rings (SSSR count). The van der Waals surface area contributed by atoms with Gasteiger partial charge in [-0.2, -0.15) is 0 Å². The molecule has 0 aliphatic rings. The molecule has 0 fully saturated rings. The van der Waals surface area contributed by atoms with Crippen LogP contribution in [0.25, 0.3) is 0 Å². The van der Waals surface area contributed by atoms with E-state index in [4.69, 9.17) is 0 Å². The standard InChI is InChI=1S/C23H24N2O3S/c1-16-7-11-21(12-8-16)25-29(27,28)22-14-20(10-9-18(22)3)23(26)24-15-19-6-4-5-17(2)13-19/h4-14,25H,15H2,1-3H3,(H,24,26). The first-order chi connectivity index (χ1) is 13.7. The topological polar surface area (TPSA) is 75.3 Å². The molecule has 0 unspecified atom stereocenters. The lowest BCUT2D eigenvalue weighted by Gasteiger charge is -2.12. The molecule has 0 saturated heterocycles. The summed E-state index contributed by atoms with van der Waals surface area (Å²) in [6.45, 7) is 6.00. The molecule has 0 aromatic heterocycles. The van der Waals surface area contributed by atoms with Crippen molar-refractivity contribution in [3.05, 3.63) is 94.5 Å². The predicted molar refractivity (Wildman–Crippen MR) is 116 cm³/mol. The molecule has 29 heavy (non-hydrogen) atoms. The molecule has 0 atom stereocenters. The fourth-order valence-electron chi connectivity index (χ4n) is 2.97. The molecule has 0 aliphatic heterocycles. The molecule has 150 valence electrons. The number of anilines is 1. The Hall–Kier alpha value is -3.12. The van der Waals surface area contributed by atoms with E-state index in [2.05, 4.69) is 10.0 Å². The van der Waals surface area contributed by atoms with Crippen LogP contribution in [-0.2, 0) is 16.6 Å². The number of nitrogens with one attached hydrogen (secondary N) is 2. The Bertz CT molecular complexity index is 1140. The second kappa shape index (κ2) is 8.49. The Morgan fingerprint density at radius 3 is 2.28 bits per heavy atom. The molecule has 0 spiro atoms. The first-order valence-electron chi connectivity index (χ1n) is 9.28. The van der Waals surface area contributed by atoms with Crippen LogP contribution in [0.1, 0.15) is 32.6 Å². The van der Waals surface area contributed by atoms with Gasteiger partial charge in [0.25, 0.3) is 15.9 Å². The molecule has 3 aromatic rings. The van der Waals surface area contributed by atoms with E-state index in [9.17, 15) is 13.2 Å². The third kappa shape index (κ3) is 5.23. The van der Waals surface area contributed by atoms with Crippen LogP contribution in [0.5, 0.6) is 0 Å². The van der Waals surface area contributed by atoms with Gasteiger partial charge in [-0.1, -0.05) is 53.6 Å². The van der Waals surface area contributed by atoms with Gasteiger partial charge in [0.05, 0.1) is 4.90 Å². The van der Waals surface area contributed by atoms with Gasteiger partial charge in [-0.05, 0) is 56.2 Å². The summed E-state index contributed by atoms with van der Waals surface area (Å²) in [7, 11) is -3.82. The van der Waals surface area contributed by atoms with Crippen LogP contribution in [0.4, 0.5) is 5.69 Å². The zero-order valence-corrected chi connectivity index (χ0v) is 17.5. The maximum absolute atomic E-state index is 12.9. The average molecular weight is 409 g/mol. The summed E-state index contributed by atoms with van der Waals surface area (Å²) >= 11 is 0. The van der Waals surface area contributed by atoms with E-state index in [0.29, 0.717) is 23.4 Å². The number of aryl methyl sites for hydroxylation is 3. The highest BCUT2D eigenvalue weighted by atomic mass is 32.2. The number of rotatable bonds is 6. The molecule has 0 saturated carbocycles. The van der Waals surface area contributed by atoms with Crippen molar-refractivity contribution < 1.29 is 13.2 Å². The number of carbonyl (C=O) groups excluding carboxylic acids is 1. The Morgan fingerprint density at radius 2 is 1.59 bits per heavy atom. The summed E-state index contributed by atoms with van der Waals surface area (Å²) in [5.41, 5.74) is 4.48. The Balaban J connectivity index is 1.79. The van der Waals surface area contributed by atoms with E-state index >= 15 is 0 Å². The van der Waals surface area contributed by atoms with Crippen molar-refractivity contribution in [2.75, 3.05) is 4.72 Å². The summed E-state index contributed by atoms with van der Waals surface area (Å²) < 4.78 is 28.3. The van der Waals surface area contributed by atoms with Crippen LogP contribution in [-0.4, -0.2) is 14.3 Å². The fraction of sp³-hybridized carbons (Fsp3) is 0.174. The first kappa shape index (κ1) is 20.6. The van der Waals surface area contributed by atoms with Crippen molar-refractivity contribution in [1.29, 1.82) is 0 Å². The van der Waals surface area contributed by atoms with Crippen LogP contribution < -0.4 is 10.0 Å². The van der Waals surface area contributed by atoms with Gasteiger partial charge in [0.1, 0.15) is 0 Å². The minimum Gasteiger partial charge on any atom is -0.348 e. The molecule has 2 N–H and O–H groups in total. The highest BCUT2D eigenvalue weighted by Crippen LogP contribution is 2.21. The molecule has 0 aliphatic carbocycles. The van der Waals surface area contributed by atoms with Crippen LogP contribution in [0, 0.1) is 20.8 Å². The zero-order chi connectivity index (χ0) is 21.0. The molecule has 0 heterocycles. The number of hydrogen-bond acceptors (Lipinski definition) is 3. The normalized spacial score (nSPS) is 11.1. The number of amides is 1. The third-order valence-electron chi connectivity index (χ3n) is 4.58. The number of carbonyl (C=O) groups is 1. The van der Waals surface area contributed by atoms with Gasteiger partial charge < -0.3 is 5.32 Å². The molecule has 5 nitrogen and oxygen atoms in total. The average Bonchev–Trinajstić information content (AvgIpc) is 2.68. The zero-order valence-electron chi connectivity index (χ0n) is 16.7. The molecule has 0 radical (unpaired) electrons. The Kier molecular flexibility index (Phi) is 6.03. The quantitative estimate of drug-likeness (QED) is 0.637. The lowest BCUT2D eigenvalue weighted by molar-refractivity contribution is 0.0950. The largest absolute Gasteiger partial charge is 0.348 e. The van der Waals surface area contributed by atoms with Crippen LogP contribution >= 0.6 is 0 Å². The first-order valence-corrected chi connectivity index (χ1v) is 10.8. The summed E-state index contributed by atoms with van der Waals surface area (Å²) in [4.78, 5) is 12.6. The Labute approximate surface area is 171 Å². The van der Waals surface area contributed by atoms with E-state index in [-0.39, 0.29) is 10.8 Å². The number of hydrogen-bond donors (Lipinski definition) is 2. The number of benzene rings is 3. The summed E-state index contributed by atoms with van der Waals surface area (Å²) in [5, 5.41) is 2.84. The van der Waals surface area contributed by atoms with Crippen LogP contribution in [0.15, 0.2) is 71.6 Å². The smallest absolute Gasteiger partial charge is 0.262 e. The molecule has 6 heteroatoms. The van der Waals surface area contributed by atoms with Crippen molar-refractivity contribution in [2.24, 2.45) is 0 Å². The van der Waals surface area contributed by atoms with E-state index in [1.165, 1.54) is 6.07 Å². The van der Waals surface area contributed by atoms with Gasteiger partial charge in [-0.15, -0.1) is 0 Å². The van der Waals surface area contributed by atoms with E-state index < -0.39 is 10.0 Å². The van der Waals surface area contributed by atoms with E-state index in [1.54, 1.807) is 31.2 Å². The molecular weight excluding hydrogens is 384 g/mol. The van der Waals surface area contributed by atoms with E-state index in [0.717, 1.165) is 16.7 Å². The second-order valence-electron chi connectivity index (χ2n) is 7.12. The van der Waals surface area contributed by atoms with Gasteiger partial charge in [-0.25, -0.2) is 8.42 Å². The lowest BCUT2D eigenvalue weighted by atomic mass is 10.1. The highest BCUT2D eigenvalue weighted by Gasteiger charge is 2.19. The van der Waals surface area contributed by atoms with Gasteiger partial charge >= 0.3 is 0 Å². The van der Waals surface area contributed by atoms with Crippen molar-refractivity contribution in [3.8, 4) is 0 Å². The number of sulfonamides is 1. The van der Waals surface area contributed by atoms with Gasteiger partial charge in [-0.3, -0.25) is 9.52 Å². The van der Waals surface area contributed by atoms with Crippen molar-refractivity contribution in [1.82, 2.24) is 5.32 Å². The lowest BCUT2D eigenvalue weighted by Crippen LogP contribution is -2.23. The van der Waals surface area contributed by atoms with Crippen LogP contribution in [0.2, 0.25) is 0 Å². The van der Waals surface area contributed by atoms with Gasteiger partial charge in [0.2, 0.25) is 0 Å². The maximum atomic E-state index is 12.9. The SMILES string of the molecule is Cc1ccc(NS(=O)(=O)c2cc(C(=O)NCc3cccc(C)c3)ccc2C)cc1. The molecule has 3 aromatic carbocycles. The molecule has 0 bridgehead atoms. The minimum absolute atomic E-state index is 0.0845. The van der Waals surface area contributed by atoms with Gasteiger partial charge in [0, 0.05) is 17.8 Å². The van der Waals surface area contributed by atoms with Crippen LogP contribution in [0.3, 0.4) is 0 Å². The monoisotopic (exact) mass is 408 g/mol. The van der Waals surface area contributed by atoms with E-state index in [1.807, 2.05) is 50.2 Å². The van der Waals surface area contributed by atoms with Gasteiger partial charge in [0.15, 0.2) is 0 Å². The van der Waals surface area contributed by atoms with Crippen molar-refractivity contribution in [3.63, 3.8) is 0 Å². The van der Waals surface area contributed by atoms with Crippen molar-refractivity contribution >= 4 is 21.6 Å². The maximum Gasteiger partial charge on any atom is 0.262 e. The summed E-state index contributed by atoms with van der Waals surface area (Å²) in [6, 6.07) is 19.6. The highest BCUT2D eigenvalue weighted by molar-refractivity contribution is 7.92. The third-order valence-corrected chi connectivity index (χ3v) is 6.10. The second-order valence-corrected chi connectivity index (χ2v) is 8.77. The molecule has 1 amide bonds. The minimum atomic E-state index is -3.82. The summed E-state index contributed by atoms with van der Waals surface area (Å²) in [5.74, 6) is -0.321. The predicted octanol–water partition coefficient (Wildman–Crippen LogP) is 4.34. The Morgan fingerprint density at radius 1 is 0.862 bits per heavy atom. The summed E-state index contributed by atoms with van der Waals surface area (Å²) in [6.07, 6.45) is 0. The van der Waals surface area contributed by atoms with Crippen molar-refractivity contribution in [2.45, 2.75) is 32.2 Å². The fourth-order valence-corrected chi connectivity index (χ4v) is 4.30.